The molecule has 67 heavy (non-hydrogen) atoms. The number of fused-ring (bicyclic) bond motifs is 15. The minimum atomic E-state index is -3.99. The maximum absolute atomic E-state index is 14.7. The first-order valence-electron chi connectivity index (χ1n) is 22.2. The van der Waals surface area contributed by atoms with Gasteiger partial charge in [-0.1, -0.05) is 115 Å². The smallest absolute Gasteiger partial charge is 0.213 e. The fourth-order valence-corrected chi connectivity index (χ4v) is 11.9. The van der Waals surface area contributed by atoms with Gasteiger partial charge in [0.2, 0.25) is 9.84 Å². The normalized spacial score (nSPS) is 13.1. The number of furan rings is 1. The molecule has 0 unspecified atom stereocenters. The van der Waals surface area contributed by atoms with Crippen molar-refractivity contribution in [1.82, 2.24) is 14.1 Å². The first-order valence-corrected chi connectivity index (χ1v) is 23.7. The molecule has 14 rings (SSSR count). The average Bonchev–Trinajstić information content (AvgIpc) is 3.76. The summed E-state index contributed by atoms with van der Waals surface area (Å²) in [6.07, 6.45) is 1.80. The maximum atomic E-state index is 14.7. The van der Waals surface area contributed by atoms with Crippen molar-refractivity contribution in [2.24, 2.45) is 0 Å². The van der Waals surface area contributed by atoms with Crippen LogP contribution in [0.3, 0.4) is 0 Å². The predicted octanol–water partition coefficient (Wildman–Crippen LogP) is 15.2. The molecule has 7 nitrogen and oxygen atoms in total. The maximum Gasteiger partial charge on any atom is 0.213 e. The van der Waals surface area contributed by atoms with Gasteiger partial charge in [0.05, 0.1) is 27.6 Å². The molecule has 0 radical (unpaired) electrons. The Balaban J connectivity index is 1.21. The average molecular weight is 882 g/mol. The number of rotatable bonds is 3. The first kappa shape index (κ1) is 37.6. The summed E-state index contributed by atoms with van der Waals surface area (Å²) in [5.74, 6) is 0.556. The van der Waals surface area contributed by atoms with Gasteiger partial charge in [-0.3, -0.25) is 4.98 Å². The minimum absolute atomic E-state index is 0.106. The van der Waals surface area contributed by atoms with E-state index in [4.69, 9.17) is 14.1 Å². The Bertz CT molecular complexity index is 4440. The van der Waals surface area contributed by atoms with E-state index in [0.717, 1.165) is 104 Å². The second kappa shape index (κ2) is 14.1. The van der Waals surface area contributed by atoms with Gasteiger partial charge in [-0.05, 0) is 123 Å². The molecule has 0 bridgehead atoms. The van der Waals surface area contributed by atoms with Crippen LogP contribution >= 0.6 is 0 Å². The van der Waals surface area contributed by atoms with Crippen LogP contribution in [0.4, 0.5) is 0 Å². The lowest BCUT2D eigenvalue weighted by molar-refractivity contribution is 0.444. The Morgan fingerprint density at radius 2 is 1.01 bits per heavy atom. The Hall–Kier alpha value is -8.72. The molecule has 1 aliphatic heterocycles. The number of ether oxygens (including phenoxy) is 1. The van der Waals surface area contributed by atoms with E-state index < -0.39 is 9.84 Å². The molecular formula is C59H35N3O4S. The second-order valence-corrected chi connectivity index (χ2v) is 18.9. The number of aromatic nitrogens is 3. The predicted molar refractivity (Wildman–Crippen MR) is 270 cm³/mol. The van der Waals surface area contributed by atoms with E-state index in [1.165, 1.54) is 0 Å². The summed E-state index contributed by atoms with van der Waals surface area (Å²) < 4.78 is 47.1. The summed E-state index contributed by atoms with van der Waals surface area (Å²) in [5.41, 5.74) is 10.3. The highest BCUT2D eigenvalue weighted by atomic mass is 32.2. The van der Waals surface area contributed by atoms with Crippen LogP contribution < -0.4 is 4.74 Å². The van der Waals surface area contributed by atoms with Gasteiger partial charge < -0.3 is 18.3 Å². The molecule has 0 atom stereocenters. The van der Waals surface area contributed by atoms with E-state index in [9.17, 15) is 8.42 Å². The zero-order chi connectivity index (χ0) is 44.4. The van der Waals surface area contributed by atoms with E-state index in [-0.39, 0.29) is 15.5 Å². The summed E-state index contributed by atoms with van der Waals surface area (Å²) in [6.45, 7) is 0. The van der Waals surface area contributed by atoms with Crippen LogP contribution in [0.15, 0.2) is 227 Å². The van der Waals surface area contributed by atoms with Crippen LogP contribution in [0.2, 0.25) is 0 Å². The standard InChI is InChI=1S/C59H35N3O4S/c63-67(64)56-27-12-11-26-54(56)65-55-34-48-47(35-57(55)67)44-31-36(39-20-13-21-43-41-19-7-10-25-53(41)66-59(39)43)28-29-40(44)45-32-51-52(33-46(45)42-22-14-30-60-58(42)48)62(38-17-5-2-6-18-38)50-24-9-8-23-49(50)61(51)37-15-3-1-4-16-37/h1-35H. The van der Waals surface area contributed by atoms with Crippen LogP contribution in [0.5, 0.6) is 11.5 Å². The molecule has 0 saturated carbocycles. The lowest BCUT2D eigenvalue weighted by atomic mass is 9.92. The Kier molecular flexibility index (Phi) is 7.94. The van der Waals surface area contributed by atoms with Gasteiger partial charge in [0.1, 0.15) is 32.5 Å². The Morgan fingerprint density at radius 3 is 1.78 bits per heavy atom. The molecule has 0 fully saturated rings. The highest BCUT2D eigenvalue weighted by molar-refractivity contribution is 7.91. The fourth-order valence-electron chi connectivity index (χ4n) is 10.4. The van der Waals surface area contributed by atoms with Gasteiger partial charge in [-0.25, -0.2) is 8.42 Å². The molecule has 8 heteroatoms. The number of hydrogen-bond donors (Lipinski definition) is 0. The highest BCUT2D eigenvalue weighted by Gasteiger charge is 2.32. The fraction of sp³-hybridized carbons (Fsp3) is 0. The molecule has 3 aromatic heterocycles. The zero-order valence-corrected chi connectivity index (χ0v) is 36.4. The highest BCUT2D eigenvalue weighted by Crippen LogP contribution is 2.48. The van der Waals surface area contributed by atoms with E-state index in [2.05, 4.69) is 143 Å². The van der Waals surface area contributed by atoms with E-state index in [1.54, 1.807) is 36.5 Å². The van der Waals surface area contributed by atoms with Crippen LogP contribution in [0.25, 0.3) is 110 Å². The van der Waals surface area contributed by atoms with Gasteiger partial charge in [0.15, 0.2) is 0 Å². The molecule has 4 heterocycles. The molecule has 0 saturated heterocycles. The van der Waals surface area contributed by atoms with Crippen LogP contribution in [0.1, 0.15) is 0 Å². The Morgan fingerprint density at radius 1 is 0.403 bits per heavy atom. The molecule has 0 N–H and O–H groups in total. The van der Waals surface area contributed by atoms with Crippen molar-refractivity contribution >= 4 is 97.1 Å². The summed E-state index contributed by atoms with van der Waals surface area (Å²) in [6, 6.07) is 69.6. The zero-order valence-electron chi connectivity index (χ0n) is 35.6. The number of nitrogens with zero attached hydrogens (tertiary/aromatic N) is 3. The molecule has 13 aromatic rings. The largest absolute Gasteiger partial charge is 0.455 e. The minimum Gasteiger partial charge on any atom is -0.455 e. The van der Waals surface area contributed by atoms with E-state index in [1.807, 2.05) is 42.5 Å². The van der Waals surface area contributed by atoms with E-state index in [0.29, 0.717) is 11.3 Å². The van der Waals surface area contributed by atoms with Crippen molar-refractivity contribution in [2.75, 3.05) is 0 Å². The number of sulfone groups is 1. The van der Waals surface area contributed by atoms with E-state index >= 15 is 0 Å². The quantitative estimate of drug-likeness (QED) is 0.165. The van der Waals surface area contributed by atoms with Crippen LogP contribution in [-0.4, -0.2) is 22.5 Å². The third kappa shape index (κ3) is 5.51. The molecule has 0 spiro atoms. The summed E-state index contributed by atoms with van der Waals surface area (Å²) in [7, 11) is -3.99. The number of hydrogen-bond acceptors (Lipinski definition) is 5. The molecule has 10 aromatic carbocycles. The molecule has 316 valence electrons. The third-order valence-corrected chi connectivity index (χ3v) is 15.2. The molecule has 0 aliphatic carbocycles. The number of para-hydroxylation sites is 7. The summed E-state index contributed by atoms with van der Waals surface area (Å²) >= 11 is 0. The molecule has 1 aliphatic rings. The summed E-state index contributed by atoms with van der Waals surface area (Å²) in [4.78, 5) is 5.40. The van der Waals surface area contributed by atoms with Crippen LogP contribution in [0, 0.1) is 0 Å². The van der Waals surface area contributed by atoms with Gasteiger partial charge in [-0.15, -0.1) is 0 Å². The van der Waals surface area contributed by atoms with Crippen molar-refractivity contribution in [1.29, 1.82) is 0 Å². The number of benzene rings is 9. The second-order valence-electron chi connectivity index (χ2n) is 17.1. The van der Waals surface area contributed by atoms with Gasteiger partial charge in [-0.2, -0.15) is 0 Å². The van der Waals surface area contributed by atoms with Crippen molar-refractivity contribution in [3.63, 3.8) is 0 Å². The number of pyridine rings is 1. The lowest BCUT2D eigenvalue weighted by Gasteiger charge is -2.23. The monoisotopic (exact) mass is 881 g/mol. The van der Waals surface area contributed by atoms with Gasteiger partial charge in [0.25, 0.3) is 0 Å². The first-order chi connectivity index (χ1) is 33.0. The van der Waals surface area contributed by atoms with Crippen molar-refractivity contribution in [3.8, 4) is 34.0 Å². The third-order valence-electron chi connectivity index (χ3n) is 13.4. The lowest BCUT2D eigenvalue weighted by Crippen LogP contribution is -2.11. The van der Waals surface area contributed by atoms with Gasteiger partial charge >= 0.3 is 0 Å². The SMILES string of the molecule is O=S1(=O)c2ccccc2Oc2cc3c(cc21)c1cc(-c2cccc4c2oc2ccccc24)ccc1c1cc2c(cc1c1cccnc13)n(-c1ccccc1)c1ccccc1n2-c1ccccc1. The van der Waals surface area contributed by atoms with Crippen molar-refractivity contribution in [2.45, 2.75) is 9.79 Å². The van der Waals surface area contributed by atoms with Crippen molar-refractivity contribution < 1.29 is 17.6 Å². The summed E-state index contributed by atoms with van der Waals surface area (Å²) in [5, 5.41) is 8.17. The topological polar surface area (TPSA) is 79.3 Å². The Labute approximate surface area is 383 Å². The van der Waals surface area contributed by atoms with Crippen molar-refractivity contribution in [3.05, 3.63) is 212 Å². The van der Waals surface area contributed by atoms with Gasteiger partial charge in [0, 0.05) is 44.7 Å². The molecular weight excluding hydrogens is 847 g/mol. The van der Waals surface area contributed by atoms with Crippen LogP contribution in [-0.2, 0) is 9.84 Å². The molecule has 0 amide bonds.